The molecule has 2 aliphatic rings. The van der Waals surface area contributed by atoms with Crippen molar-refractivity contribution in [2.75, 3.05) is 6.61 Å². The van der Waals surface area contributed by atoms with Crippen molar-refractivity contribution in [2.24, 2.45) is 11.1 Å². The fourth-order valence-electron chi connectivity index (χ4n) is 4.55. The van der Waals surface area contributed by atoms with Crippen LogP contribution < -0.4 is 14.6 Å². The summed E-state index contributed by atoms with van der Waals surface area (Å²) in [6.45, 7) is 17.3. The van der Waals surface area contributed by atoms with Gasteiger partial charge >= 0.3 is 0 Å². The zero-order valence-electron chi connectivity index (χ0n) is 20.0. The maximum atomic E-state index is 6.56. The SMILES string of the molecule is C=CCOc1cc(CCCCC)cc2c1C1C=C(C)CCC1C(C)(C)O2.CC.NS. The molecule has 2 atom stereocenters. The van der Waals surface area contributed by atoms with E-state index in [2.05, 4.69) is 70.4 Å². The summed E-state index contributed by atoms with van der Waals surface area (Å²) >= 11 is 3.03. The summed E-state index contributed by atoms with van der Waals surface area (Å²) in [6.07, 6.45) is 11.4. The summed E-state index contributed by atoms with van der Waals surface area (Å²) in [5.41, 5.74) is 3.90. The molecule has 0 saturated heterocycles. The molecule has 1 aliphatic heterocycles. The van der Waals surface area contributed by atoms with Crippen LogP contribution in [0.5, 0.6) is 11.5 Å². The first-order valence-corrected chi connectivity index (χ1v) is 12.0. The van der Waals surface area contributed by atoms with E-state index in [0.29, 0.717) is 18.4 Å². The van der Waals surface area contributed by atoms with Gasteiger partial charge in [0.25, 0.3) is 0 Å². The summed E-state index contributed by atoms with van der Waals surface area (Å²) in [5.74, 6) is 2.89. The maximum absolute atomic E-state index is 6.56. The van der Waals surface area contributed by atoms with Crippen molar-refractivity contribution in [3.8, 4) is 11.5 Å². The van der Waals surface area contributed by atoms with E-state index in [0.717, 1.165) is 17.9 Å². The average Bonchev–Trinajstić information content (AvgIpc) is 2.74. The lowest BCUT2D eigenvalue weighted by atomic mass is 9.68. The Bertz CT molecular complexity index is 697. The molecule has 1 aromatic rings. The first kappa shape index (κ1) is 26.6. The van der Waals surface area contributed by atoms with Gasteiger partial charge in [-0.05, 0) is 64.2 Å². The molecule has 2 unspecified atom stereocenters. The third-order valence-corrected chi connectivity index (χ3v) is 5.94. The van der Waals surface area contributed by atoms with Gasteiger partial charge < -0.3 is 9.47 Å². The average molecular weight is 434 g/mol. The molecule has 0 bridgehead atoms. The number of aryl methyl sites for hydroxylation is 1. The molecule has 3 nitrogen and oxygen atoms in total. The fourth-order valence-corrected chi connectivity index (χ4v) is 4.55. The van der Waals surface area contributed by atoms with Gasteiger partial charge in [0.2, 0.25) is 0 Å². The van der Waals surface area contributed by atoms with E-state index >= 15 is 0 Å². The van der Waals surface area contributed by atoms with Crippen LogP contribution in [0.25, 0.3) is 0 Å². The van der Waals surface area contributed by atoms with Gasteiger partial charge in [-0.25, -0.2) is 0 Å². The lowest BCUT2D eigenvalue weighted by Gasteiger charge is -2.46. The van der Waals surface area contributed by atoms with Crippen LogP contribution in [0.1, 0.15) is 90.7 Å². The minimum Gasteiger partial charge on any atom is -0.489 e. The number of unbranched alkanes of at least 4 members (excludes halogenated alkanes) is 2. The lowest BCUT2D eigenvalue weighted by molar-refractivity contribution is 0.0106. The highest BCUT2D eigenvalue weighted by Gasteiger charge is 2.45. The Morgan fingerprint density at radius 3 is 2.60 bits per heavy atom. The van der Waals surface area contributed by atoms with Crippen molar-refractivity contribution in [2.45, 2.75) is 91.6 Å². The van der Waals surface area contributed by atoms with E-state index in [1.54, 1.807) is 0 Å². The van der Waals surface area contributed by atoms with E-state index < -0.39 is 0 Å². The number of hydrogen-bond acceptors (Lipinski definition) is 4. The van der Waals surface area contributed by atoms with Crippen molar-refractivity contribution in [3.63, 3.8) is 0 Å². The van der Waals surface area contributed by atoms with Gasteiger partial charge in [-0.1, -0.05) is 57.9 Å². The Morgan fingerprint density at radius 2 is 1.97 bits per heavy atom. The number of ether oxygens (including phenoxy) is 2. The van der Waals surface area contributed by atoms with Gasteiger partial charge in [0, 0.05) is 17.4 Å². The highest BCUT2D eigenvalue weighted by atomic mass is 32.1. The molecular formula is C26H43NO2S. The topological polar surface area (TPSA) is 44.5 Å². The van der Waals surface area contributed by atoms with Crippen molar-refractivity contribution >= 4 is 12.8 Å². The van der Waals surface area contributed by atoms with Crippen molar-refractivity contribution in [1.29, 1.82) is 0 Å². The van der Waals surface area contributed by atoms with E-state index in [1.165, 1.54) is 48.8 Å². The van der Waals surface area contributed by atoms with Crippen molar-refractivity contribution in [1.82, 2.24) is 0 Å². The largest absolute Gasteiger partial charge is 0.489 e. The zero-order chi connectivity index (χ0) is 22.7. The van der Waals surface area contributed by atoms with Gasteiger partial charge in [0.1, 0.15) is 23.7 Å². The third-order valence-electron chi connectivity index (χ3n) is 5.94. The monoisotopic (exact) mass is 433 g/mol. The van der Waals surface area contributed by atoms with E-state index in [4.69, 9.17) is 9.47 Å². The lowest BCUT2D eigenvalue weighted by Crippen LogP contribution is -2.45. The molecule has 4 heteroatoms. The number of benzene rings is 1. The minimum absolute atomic E-state index is 0.146. The highest BCUT2D eigenvalue weighted by Crippen LogP contribution is 2.53. The Balaban J connectivity index is 0.00000106. The fraction of sp³-hybridized carbons (Fsp3) is 0.615. The zero-order valence-corrected chi connectivity index (χ0v) is 20.9. The van der Waals surface area contributed by atoms with Crippen LogP contribution in [0.4, 0.5) is 0 Å². The van der Waals surface area contributed by atoms with Gasteiger partial charge in [0.15, 0.2) is 0 Å². The summed E-state index contributed by atoms with van der Waals surface area (Å²) < 4.78 is 12.7. The molecule has 1 heterocycles. The third kappa shape index (κ3) is 6.55. The van der Waals surface area contributed by atoms with Crippen LogP contribution in [-0.4, -0.2) is 12.2 Å². The predicted molar refractivity (Wildman–Crippen MR) is 134 cm³/mol. The number of fused-ring (bicyclic) bond motifs is 3. The number of rotatable bonds is 7. The van der Waals surface area contributed by atoms with Gasteiger partial charge in [-0.3, -0.25) is 5.14 Å². The van der Waals surface area contributed by atoms with Crippen molar-refractivity contribution < 1.29 is 9.47 Å². The Hall–Kier alpha value is -1.39. The summed E-state index contributed by atoms with van der Waals surface area (Å²) in [6, 6.07) is 4.51. The van der Waals surface area contributed by atoms with Crippen LogP contribution in [0.3, 0.4) is 0 Å². The Morgan fingerprint density at radius 1 is 1.27 bits per heavy atom. The van der Waals surface area contributed by atoms with Crippen LogP contribution in [0.2, 0.25) is 0 Å². The number of thiol groups is 1. The number of allylic oxidation sites excluding steroid dienone is 2. The van der Waals surface area contributed by atoms with E-state index in [9.17, 15) is 0 Å². The van der Waals surface area contributed by atoms with Crippen LogP contribution in [-0.2, 0) is 6.42 Å². The number of nitrogens with two attached hydrogens (primary N) is 1. The second-order valence-electron chi connectivity index (χ2n) is 8.45. The molecule has 0 radical (unpaired) electrons. The molecule has 2 N–H and O–H groups in total. The van der Waals surface area contributed by atoms with Gasteiger partial charge in [0.05, 0.1) is 0 Å². The molecule has 30 heavy (non-hydrogen) atoms. The predicted octanol–water partition coefficient (Wildman–Crippen LogP) is 7.41. The minimum atomic E-state index is -0.146. The molecule has 1 aliphatic carbocycles. The molecule has 1 aromatic carbocycles. The Kier molecular flexibility index (Phi) is 11.6. The molecule has 170 valence electrons. The molecule has 0 saturated carbocycles. The molecule has 0 amide bonds. The van der Waals surface area contributed by atoms with Gasteiger partial charge in [-0.2, -0.15) is 0 Å². The van der Waals surface area contributed by atoms with Crippen LogP contribution in [0, 0.1) is 5.92 Å². The van der Waals surface area contributed by atoms with Gasteiger partial charge in [-0.15, -0.1) is 12.8 Å². The molecular weight excluding hydrogens is 390 g/mol. The van der Waals surface area contributed by atoms with E-state index in [-0.39, 0.29) is 5.60 Å². The number of hydrogen-bond donors (Lipinski definition) is 2. The summed E-state index contributed by atoms with van der Waals surface area (Å²) in [4.78, 5) is 0. The smallest absolute Gasteiger partial charge is 0.127 e. The highest BCUT2D eigenvalue weighted by molar-refractivity contribution is 7.77. The van der Waals surface area contributed by atoms with E-state index in [1.807, 2.05) is 19.9 Å². The molecule has 0 fully saturated rings. The summed E-state index contributed by atoms with van der Waals surface area (Å²) in [7, 11) is 0. The Labute approximate surface area is 190 Å². The second-order valence-corrected chi connectivity index (χ2v) is 8.45. The van der Waals surface area contributed by atoms with Crippen molar-refractivity contribution in [3.05, 3.63) is 47.6 Å². The quantitative estimate of drug-likeness (QED) is 0.267. The normalized spacial score (nSPS) is 20.6. The summed E-state index contributed by atoms with van der Waals surface area (Å²) in [5, 5.41) is 4.19. The first-order chi connectivity index (χ1) is 14.5. The maximum Gasteiger partial charge on any atom is 0.127 e. The van der Waals surface area contributed by atoms with Crippen LogP contribution in [0.15, 0.2) is 36.4 Å². The van der Waals surface area contributed by atoms with Crippen LogP contribution >= 0.6 is 12.8 Å². The molecule has 0 aromatic heterocycles. The standard InChI is InChI=1S/C24H34O2.C2H6.H3NS/c1-6-8-9-10-18-15-21(25-13-7-2)23-19-14-17(3)11-12-20(19)24(4,5)26-22(23)16-18;2*1-2/h7,14-16,19-20H,2,6,8-13H2,1,3-5H3;1-2H3;2H,1H2. The molecule has 3 rings (SSSR count). The second kappa shape index (κ2) is 13.1. The molecule has 0 spiro atoms. The first-order valence-electron chi connectivity index (χ1n) is 11.5.